The maximum absolute atomic E-state index is 5.88. The van der Waals surface area contributed by atoms with E-state index in [0.29, 0.717) is 6.54 Å². The highest BCUT2D eigenvalue weighted by Crippen LogP contribution is 2.23. The number of hydrogen-bond donors (Lipinski definition) is 1. The van der Waals surface area contributed by atoms with Gasteiger partial charge in [-0.05, 0) is 12.1 Å². The first-order valence-corrected chi connectivity index (χ1v) is 6.83. The summed E-state index contributed by atoms with van der Waals surface area (Å²) >= 11 is 1.60. The zero-order chi connectivity index (χ0) is 12.8. The molecule has 0 saturated carbocycles. The molecule has 19 heavy (non-hydrogen) atoms. The summed E-state index contributed by atoms with van der Waals surface area (Å²) in [5.41, 5.74) is 8.88. The SMILES string of the molecule is NCc1c(-n2cnc3ccccc32)nc2sccn12. The fourth-order valence-corrected chi connectivity index (χ4v) is 3.06. The normalized spacial score (nSPS) is 11.6. The van der Waals surface area contributed by atoms with Gasteiger partial charge in [0.2, 0.25) is 0 Å². The van der Waals surface area contributed by atoms with Crippen molar-refractivity contribution in [1.82, 2.24) is 18.9 Å². The molecule has 5 nitrogen and oxygen atoms in total. The van der Waals surface area contributed by atoms with Crippen LogP contribution in [0.3, 0.4) is 0 Å². The Balaban J connectivity index is 2.06. The molecule has 0 unspecified atom stereocenters. The Morgan fingerprint density at radius 2 is 2.16 bits per heavy atom. The third-order valence-corrected chi connectivity index (χ3v) is 3.97. The van der Waals surface area contributed by atoms with E-state index in [2.05, 4.69) is 9.97 Å². The minimum atomic E-state index is 0.444. The van der Waals surface area contributed by atoms with Crippen LogP contribution in [0.2, 0.25) is 0 Å². The van der Waals surface area contributed by atoms with Gasteiger partial charge in [-0.2, -0.15) is 0 Å². The monoisotopic (exact) mass is 269 g/mol. The number of hydrogen-bond acceptors (Lipinski definition) is 4. The first-order chi connectivity index (χ1) is 9.38. The van der Waals surface area contributed by atoms with Gasteiger partial charge in [0, 0.05) is 18.1 Å². The van der Waals surface area contributed by atoms with Gasteiger partial charge in [0.1, 0.15) is 6.33 Å². The van der Waals surface area contributed by atoms with E-state index < -0.39 is 0 Å². The lowest BCUT2D eigenvalue weighted by atomic mass is 10.3. The van der Waals surface area contributed by atoms with Crippen LogP contribution in [0.1, 0.15) is 5.69 Å². The van der Waals surface area contributed by atoms with E-state index in [9.17, 15) is 0 Å². The second kappa shape index (κ2) is 3.91. The summed E-state index contributed by atoms with van der Waals surface area (Å²) in [5, 5.41) is 2.01. The lowest BCUT2D eigenvalue weighted by Gasteiger charge is -2.03. The Morgan fingerprint density at radius 1 is 1.26 bits per heavy atom. The van der Waals surface area contributed by atoms with Crippen molar-refractivity contribution in [2.24, 2.45) is 5.73 Å². The van der Waals surface area contributed by atoms with Gasteiger partial charge < -0.3 is 5.73 Å². The molecule has 0 aliphatic heterocycles. The Hall–Kier alpha value is -2.18. The summed E-state index contributed by atoms with van der Waals surface area (Å²) in [6.45, 7) is 0.444. The Kier molecular flexibility index (Phi) is 2.20. The number of imidazole rings is 2. The van der Waals surface area contributed by atoms with Crippen LogP contribution in [0.4, 0.5) is 0 Å². The summed E-state index contributed by atoms with van der Waals surface area (Å²) in [7, 11) is 0. The molecule has 3 heterocycles. The summed E-state index contributed by atoms with van der Waals surface area (Å²) in [5.74, 6) is 0.864. The molecule has 94 valence electrons. The van der Waals surface area contributed by atoms with Crippen molar-refractivity contribution in [3.8, 4) is 5.82 Å². The molecular formula is C13H11N5S. The molecule has 0 amide bonds. The van der Waals surface area contributed by atoms with Gasteiger partial charge in [0.15, 0.2) is 10.8 Å². The molecule has 0 aliphatic carbocycles. The number of aromatic nitrogens is 4. The summed E-state index contributed by atoms with van der Waals surface area (Å²) in [6.07, 6.45) is 3.80. The Labute approximate surface area is 112 Å². The van der Waals surface area contributed by atoms with Gasteiger partial charge >= 0.3 is 0 Å². The zero-order valence-corrected chi connectivity index (χ0v) is 10.8. The molecule has 1 aromatic carbocycles. The predicted octanol–water partition coefficient (Wildman–Crippen LogP) is 2.19. The average Bonchev–Trinajstić information content (AvgIpc) is 3.11. The van der Waals surface area contributed by atoms with Crippen LogP contribution in [0.5, 0.6) is 0 Å². The van der Waals surface area contributed by atoms with E-state index in [0.717, 1.165) is 27.5 Å². The smallest absolute Gasteiger partial charge is 0.195 e. The molecule has 0 atom stereocenters. The standard InChI is InChI=1S/C13H11N5S/c14-7-11-12(16-13-17(11)5-6-19-13)18-8-15-9-3-1-2-4-10(9)18/h1-6,8H,7,14H2. The lowest BCUT2D eigenvalue weighted by molar-refractivity contribution is 0.925. The van der Waals surface area contributed by atoms with E-state index in [4.69, 9.17) is 5.73 Å². The van der Waals surface area contributed by atoms with Crippen LogP contribution < -0.4 is 5.73 Å². The van der Waals surface area contributed by atoms with Crippen molar-refractivity contribution in [3.63, 3.8) is 0 Å². The van der Waals surface area contributed by atoms with Gasteiger partial charge in [-0.15, -0.1) is 11.3 Å². The Bertz CT molecular complexity index is 869. The van der Waals surface area contributed by atoms with Crippen LogP contribution in [-0.4, -0.2) is 18.9 Å². The number of rotatable bonds is 2. The highest BCUT2D eigenvalue weighted by molar-refractivity contribution is 7.15. The molecular weight excluding hydrogens is 258 g/mol. The van der Waals surface area contributed by atoms with Crippen molar-refractivity contribution in [2.45, 2.75) is 6.54 Å². The minimum absolute atomic E-state index is 0.444. The van der Waals surface area contributed by atoms with Gasteiger partial charge in [-0.3, -0.25) is 8.97 Å². The predicted molar refractivity (Wildman–Crippen MR) is 75.6 cm³/mol. The first kappa shape index (κ1) is 10.7. The number of benzene rings is 1. The van der Waals surface area contributed by atoms with Gasteiger partial charge in [-0.25, -0.2) is 9.97 Å². The first-order valence-electron chi connectivity index (χ1n) is 5.95. The summed E-state index contributed by atoms with van der Waals surface area (Å²) in [6, 6.07) is 8.01. The number of nitrogens with zero attached hydrogens (tertiary/aromatic N) is 4. The quantitative estimate of drug-likeness (QED) is 0.607. The van der Waals surface area contributed by atoms with Crippen LogP contribution in [0.15, 0.2) is 42.2 Å². The highest BCUT2D eigenvalue weighted by Gasteiger charge is 2.15. The van der Waals surface area contributed by atoms with Crippen molar-refractivity contribution >= 4 is 27.3 Å². The molecule has 0 saturated heterocycles. The second-order valence-corrected chi connectivity index (χ2v) is 5.12. The van der Waals surface area contributed by atoms with Crippen LogP contribution in [0, 0.1) is 0 Å². The largest absolute Gasteiger partial charge is 0.325 e. The fourth-order valence-electron chi connectivity index (χ4n) is 2.33. The van der Waals surface area contributed by atoms with Crippen molar-refractivity contribution < 1.29 is 0 Å². The number of thiazole rings is 1. The molecule has 2 N–H and O–H groups in total. The number of para-hydroxylation sites is 2. The van der Waals surface area contributed by atoms with Gasteiger partial charge in [0.25, 0.3) is 0 Å². The molecule has 4 rings (SSSR count). The van der Waals surface area contributed by atoms with Crippen LogP contribution in [-0.2, 0) is 6.54 Å². The molecule has 6 heteroatoms. The van der Waals surface area contributed by atoms with E-state index >= 15 is 0 Å². The average molecular weight is 269 g/mol. The third kappa shape index (κ3) is 1.44. The molecule has 3 aromatic heterocycles. The topological polar surface area (TPSA) is 61.1 Å². The van der Waals surface area contributed by atoms with Crippen LogP contribution in [0.25, 0.3) is 21.8 Å². The molecule has 0 aliphatic rings. The van der Waals surface area contributed by atoms with Crippen molar-refractivity contribution in [1.29, 1.82) is 0 Å². The van der Waals surface area contributed by atoms with Crippen LogP contribution >= 0.6 is 11.3 Å². The van der Waals surface area contributed by atoms with E-state index in [-0.39, 0.29) is 0 Å². The van der Waals surface area contributed by atoms with E-state index in [1.54, 1.807) is 17.7 Å². The minimum Gasteiger partial charge on any atom is -0.325 e. The lowest BCUT2D eigenvalue weighted by Crippen LogP contribution is -2.05. The van der Waals surface area contributed by atoms with Crippen molar-refractivity contribution in [2.75, 3.05) is 0 Å². The molecule has 4 aromatic rings. The van der Waals surface area contributed by atoms with Gasteiger partial charge in [0.05, 0.1) is 16.7 Å². The highest BCUT2D eigenvalue weighted by atomic mass is 32.1. The van der Waals surface area contributed by atoms with E-state index in [1.165, 1.54) is 0 Å². The third-order valence-electron chi connectivity index (χ3n) is 3.22. The molecule has 0 bridgehead atoms. The number of nitrogens with two attached hydrogens (primary N) is 1. The van der Waals surface area contributed by atoms with Crippen molar-refractivity contribution in [3.05, 3.63) is 47.9 Å². The Morgan fingerprint density at radius 3 is 3.05 bits per heavy atom. The summed E-state index contributed by atoms with van der Waals surface area (Å²) in [4.78, 5) is 10.0. The summed E-state index contributed by atoms with van der Waals surface area (Å²) < 4.78 is 4.03. The second-order valence-electron chi connectivity index (χ2n) is 4.25. The van der Waals surface area contributed by atoms with E-state index in [1.807, 2.05) is 44.8 Å². The number of fused-ring (bicyclic) bond motifs is 2. The molecule has 0 fully saturated rings. The fraction of sp³-hybridized carbons (Fsp3) is 0.0769. The molecule has 0 spiro atoms. The maximum atomic E-state index is 5.88. The zero-order valence-electron chi connectivity index (χ0n) is 10.0. The molecule has 0 radical (unpaired) electrons. The van der Waals surface area contributed by atoms with Gasteiger partial charge in [-0.1, -0.05) is 12.1 Å². The maximum Gasteiger partial charge on any atom is 0.195 e.